The highest BCUT2D eigenvalue weighted by Crippen LogP contribution is 2.33. The van der Waals surface area contributed by atoms with Gasteiger partial charge in [-0.25, -0.2) is 4.79 Å². The van der Waals surface area contributed by atoms with Gasteiger partial charge in [-0.1, -0.05) is 13.8 Å². The molecule has 82 valence electrons. The first-order chi connectivity index (χ1) is 6.49. The predicted octanol–water partition coefficient (Wildman–Crippen LogP) is 2.13. The number of carbonyl (C=O) groups excluding carboxylic acids is 1. The normalized spacial score (nSPS) is 26.1. The molecule has 2 N–H and O–H groups in total. The lowest BCUT2D eigenvalue weighted by Crippen LogP contribution is -2.50. The van der Waals surface area contributed by atoms with Crippen molar-refractivity contribution in [3.8, 4) is 0 Å². The fraction of sp³-hybridized carbons (Fsp3) is 0.909. The van der Waals surface area contributed by atoms with E-state index in [2.05, 4.69) is 24.5 Å². The van der Waals surface area contributed by atoms with Crippen LogP contribution in [0.1, 0.15) is 40.5 Å². The third kappa shape index (κ3) is 3.20. The van der Waals surface area contributed by atoms with Crippen LogP contribution in [-0.2, 0) is 0 Å². The largest absolute Gasteiger partial charge is 0.336 e. The molecule has 1 aliphatic carbocycles. The van der Waals surface area contributed by atoms with E-state index in [4.69, 9.17) is 0 Å². The summed E-state index contributed by atoms with van der Waals surface area (Å²) >= 11 is 0. The maximum absolute atomic E-state index is 11.3. The maximum atomic E-state index is 11.3. The minimum atomic E-state index is -0.0211. The molecule has 2 amide bonds. The van der Waals surface area contributed by atoms with Gasteiger partial charge in [-0.2, -0.15) is 0 Å². The van der Waals surface area contributed by atoms with Gasteiger partial charge in [-0.3, -0.25) is 0 Å². The van der Waals surface area contributed by atoms with Crippen LogP contribution in [-0.4, -0.2) is 18.1 Å². The summed E-state index contributed by atoms with van der Waals surface area (Å²) in [7, 11) is 0. The van der Waals surface area contributed by atoms with Gasteiger partial charge >= 0.3 is 6.03 Å². The molecule has 0 radical (unpaired) electrons. The molecular weight excluding hydrogens is 176 g/mol. The summed E-state index contributed by atoms with van der Waals surface area (Å²) in [5.74, 6) is 1.56. The average Bonchev–Trinajstić information content (AvgIpc) is 1.93. The Balaban J connectivity index is 2.13. The van der Waals surface area contributed by atoms with E-state index in [-0.39, 0.29) is 12.1 Å². The molecule has 14 heavy (non-hydrogen) atoms. The van der Waals surface area contributed by atoms with Crippen LogP contribution < -0.4 is 10.6 Å². The van der Waals surface area contributed by atoms with Crippen LogP contribution in [0.5, 0.6) is 0 Å². The minimum Gasteiger partial charge on any atom is -0.336 e. The molecule has 1 fully saturated rings. The monoisotopic (exact) mass is 198 g/mol. The highest BCUT2D eigenvalue weighted by atomic mass is 16.2. The van der Waals surface area contributed by atoms with Crippen molar-refractivity contribution in [1.29, 1.82) is 0 Å². The summed E-state index contributed by atoms with van der Waals surface area (Å²) in [5.41, 5.74) is 0. The van der Waals surface area contributed by atoms with Crippen LogP contribution in [0.4, 0.5) is 4.79 Å². The zero-order valence-electron chi connectivity index (χ0n) is 9.63. The summed E-state index contributed by atoms with van der Waals surface area (Å²) in [6.45, 7) is 8.43. The third-order valence-electron chi connectivity index (χ3n) is 2.87. The second-order valence-electron chi connectivity index (χ2n) is 4.94. The summed E-state index contributed by atoms with van der Waals surface area (Å²) < 4.78 is 0. The summed E-state index contributed by atoms with van der Waals surface area (Å²) in [4.78, 5) is 11.3. The number of amides is 2. The van der Waals surface area contributed by atoms with Crippen molar-refractivity contribution in [2.45, 2.75) is 52.6 Å². The van der Waals surface area contributed by atoms with Gasteiger partial charge in [0.2, 0.25) is 0 Å². The van der Waals surface area contributed by atoms with Crippen molar-refractivity contribution in [2.24, 2.45) is 11.8 Å². The molecule has 0 aliphatic heterocycles. The van der Waals surface area contributed by atoms with Crippen molar-refractivity contribution in [3.63, 3.8) is 0 Å². The van der Waals surface area contributed by atoms with Gasteiger partial charge in [0, 0.05) is 12.1 Å². The number of hydrogen-bond acceptors (Lipinski definition) is 1. The first-order valence-corrected chi connectivity index (χ1v) is 5.56. The number of hydrogen-bond donors (Lipinski definition) is 2. The van der Waals surface area contributed by atoms with Gasteiger partial charge in [0.1, 0.15) is 0 Å². The Labute approximate surface area is 86.6 Å². The van der Waals surface area contributed by atoms with Gasteiger partial charge in [-0.05, 0) is 38.5 Å². The summed E-state index contributed by atoms with van der Waals surface area (Å²) in [6, 6.07) is 0.601. The van der Waals surface area contributed by atoms with Crippen molar-refractivity contribution in [3.05, 3.63) is 0 Å². The standard InChI is InChI=1S/C11H22N2O/c1-7(2)9-5-10(6-9)13-11(14)12-8(3)4/h7-10H,5-6H2,1-4H3,(H2,12,13,14). The molecule has 0 aromatic rings. The van der Waals surface area contributed by atoms with Gasteiger partial charge < -0.3 is 10.6 Å². The van der Waals surface area contributed by atoms with Crippen molar-refractivity contribution in [2.75, 3.05) is 0 Å². The van der Waals surface area contributed by atoms with Crippen molar-refractivity contribution < 1.29 is 4.79 Å². The van der Waals surface area contributed by atoms with Crippen LogP contribution in [0.15, 0.2) is 0 Å². The summed E-state index contributed by atoms with van der Waals surface area (Å²) in [6.07, 6.45) is 2.28. The van der Waals surface area contributed by atoms with E-state index in [1.165, 1.54) is 0 Å². The molecule has 0 unspecified atom stereocenters. The number of nitrogens with one attached hydrogen (secondary N) is 2. The Morgan fingerprint density at radius 3 is 2.21 bits per heavy atom. The molecule has 0 spiro atoms. The number of rotatable bonds is 3. The molecule has 0 atom stereocenters. The predicted molar refractivity (Wildman–Crippen MR) is 58.2 cm³/mol. The fourth-order valence-corrected chi connectivity index (χ4v) is 1.81. The van der Waals surface area contributed by atoms with E-state index in [1.807, 2.05) is 13.8 Å². The first kappa shape index (κ1) is 11.3. The van der Waals surface area contributed by atoms with Gasteiger partial charge in [-0.15, -0.1) is 0 Å². The highest BCUT2D eigenvalue weighted by Gasteiger charge is 2.31. The van der Waals surface area contributed by atoms with Crippen LogP contribution in [0.3, 0.4) is 0 Å². The van der Waals surface area contributed by atoms with E-state index in [9.17, 15) is 4.79 Å². The van der Waals surface area contributed by atoms with Gasteiger partial charge in [0.15, 0.2) is 0 Å². The molecule has 0 bridgehead atoms. The van der Waals surface area contributed by atoms with Crippen LogP contribution in [0, 0.1) is 11.8 Å². The van der Waals surface area contributed by atoms with E-state index in [0.717, 1.165) is 24.7 Å². The smallest absolute Gasteiger partial charge is 0.315 e. The van der Waals surface area contributed by atoms with E-state index >= 15 is 0 Å². The topological polar surface area (TPSA) is 41.1 Å². The molecule has 1 saturated carbocycles. The van der Waals surface area contributed by atoms with E-state index in [0.29, 0.717) is 6.04 Å². The van der Waals surface area contributed by atoms with Gasteiger partial charge in [0.25, 0.3) is 0 Å². The first-order valence-electron chi connectivity index (χ1n) is 5.56. The van der Waals surface area contributed by atoms with E-state index < -0.39 is 0 Å². The molecule has 0 saturated heterocycles. The molecule has 3 heteroatoms. The lowest BCUT2D eigenvalue weighted by atomic mass is 9.74. The van der Waals surface area contributed by atoms with Crippen molar-refractivity contribution in [1.82, 2.24) is 10.6 Å². The fourth-order valence-electron chi connectivity index (χ4n) is 1.81. The lowest BCUT2D eigenvalue weighted by Gasteiger charge is -2.38. The minimum absolute atomic E-state index is 0.0211. The third-order valence-corrected chi connectivity index (χ3v) is 2.87. The number of carbonyl (C=O) groups is 1. The van der Waals surface area contributed by atoms with E-state index in [1.54, 1.807) is 0 Å². The SMILES string of the molecule is CC(C)NC(=O)NC1CC(C(C)C)C1. The highest BCUT2D eigenvalue weighted by molar-refractivity contribution is 5.74. The Bertz CT molecular complexity index is 195. The quantitative estimate of drug-likeness (QED) is 0.716. The molecule has 1 rings (SSSR count). The number of urea groups is 1. The zero-order chi connectivity index (χ0) is 10.7. The Morgan fingerprint density at radius 2 is 1.79 bits per heavy atom. The second kappa shape index (κ2) is 4.67. The lowest BCUT2D eigenvalue weighted by molar-refractivity contribution is 0.166. The molecule has 1 aliphatic rings. The zero-order valence-corrected chi connectivity index (χ0v) is 9.63. The van der Waals surface area contributed by atoms with Gasteiger partial charge in [0.05, 0.1) is 0 Å². The molecule has 0 aromatic carbocycles. The molecule has 0 heterocycles. The van der Waals surface area contributed by atoms with Crippen LogP contribution in [0.25, 0.3) is 0 Å². The Kier molecular flexibility index (Phi) is 3.78. The second-order valence-corrected chi connectivity index (χ2v) is 4.94. The van der Waals surface area contributed by atoms with Crippen molar-refractivity contribution >= 4 is 6.03 Å². The molecule has 0 aromatic heterocycles. The average molecular weight is 198 g/mol. The Hall–Kier alpha value is -0.730. The maximum Gasteiger partial charge on any atom is 0.315 e. The molecule has 3 nitrogen and oxygen atoms in total. The Morgan fingerprint density at radius 1 is 1.21 bits per heavy atom. The summed E-state index contributed by atoms with van der Waals surface area (Å²) in [5, 5.41) is 5.82. The van der Waals surface area contributed by atoms with Crippen LogP contribution in [0.2, 0.25) is 0 Å². The molecular formula is C11H22N2O. The van der Waals surface area contributed by atoms with Crippen LogP contribution >= 0.6 is 0 Å².